The van der Waals surface area contributed by atoms with Crippen molar-refractivity contribution in [1.29, 1.82) is 5.26 Å². The normalized spacial score (nSPS) is 9.90. The van der Waals surface area contributed by atoms with Crippen LogP contribution in [0.2, 0.25) is 0 Å². The third kappa shape index (κ3) is 4.48. The molecule has 0 amide bonds. The number of pyridine rings is 1. The third-order valence-corrected chi connectivity index (χ3v) is 2.89. The summed E-state index contributed by atoms with van der Waals surface area (Å²) in [7, 11) is 1.61. The summed E-state index contributed by atoms with van der Waals surface area (Å²) in [5, 5.41) is 11.8. The van der Waals surface area contributed by atoms with Gasteiger partial charge in [-0.25, -0.2) is 4.98 Å². The molecule has 5 nitrogen and oxygen atoms in total. The zero-order valence-corrected chi connectivity index (χ0v) is 11.9. The average Bonchev–Trinajstić information content (AvgIpc) is 2.54. The molecule has 0 aliphatic rings. The lowest BCUT2D eigenvalue weighted by molar-refractivity contribution is 0.367. The second kappa shape index (κ2) is 7.88. The number of ether oxygens (including phenoxy) is 2. The van der Waals surface area contributed by atoms with Gasteiger partial charge in [-0.3, -0.25) is 0 Å². The fraction of sp³-hybridized carbons (Fsp3) is 0.250. The Kier molecular flexibility index (Phi) is 5.56. The van der Waals surface area contributed by atoms with E-state index in [4.69, 9.17) is 14.7 Å². The molecule has 0 atom stereocenters. The Bertz CT molecular complexity index is 623. The number of hydrogen-bond acceptors (Lipinski definition) is 5. The summed E-state index contributed by atoms with van der Waals surface area (Å²) in [6.45, 7) is 1.42. The van der Waals surface area contributed by atoms with Gasteiger partial charge in [0.05, 0.1) is 7.11 Å². The van der Waals surface area contributed by atoms with E-state index in [1.54, 1.807) is 13.3 Å². The zero-order valence-electron chi connectivity index (χ0n) is 11.9. The first-order chi connectivity index (χ1) is 10.3. The molecule has 108 valence electrons. The first-order valence-electron chi connectivity index (χ1n) is 6.61. The summed E-state index contributed by atoms with van der Waals surface area (Å²) in [6.07, 6.45) is 1.71. The molecule has 0 aliphatic carbocycles. The predicted octanol–water partition coefficient (Wildman–Crippen LogP) is 2.28. The molecule has 0 bridgehead atoms. The topological polar surface area (TPSA) is 67.2 Å². The molecule has 1 heterocycles. The predicted molar refractivity (Wildman–Crippen MR) is 78.9 cm³/mol. The van der Waals surface area contributed by atoms with E-state index in [2.05, 4.69) is 10.3 Å². The third-order valence-electron chi connectivity index (χ3n) is 2.89. The summed E-state index contributed by atoms with van der Waals surface area (Å²) < 4.78 is 10.5. The van der Waals surface area contributed by atoms with Gasteiger partial charge in [0, 0.05) is 24.8 Å². The van der Waals surface area contributed by atoms with E-state index >= 15 is 0 Å². The van der Waals surface area contributed by atoms with Gasteiger partial charge in [-0.05, 0) is 23.8 Å². The Hall–Kier alpha value is -2.58. The van der Waals surface area contributed by atoms with Crippen molar-refractivity contribution in [3.8, 4) is 17.7 Å². The van der Waals surface area contributed by atoms with Crippen LogP contribution in [0.1, 0.15) is 11.1 Å². The molecule has 0 aliphatic heterocycles. The van der Waals surface area contributed by atoms with Crippen molar-refractivity contribution in [3.05, 3.63) is 53.7 Å². The van der Waals surface area contributed by atoms with Gasteiger partial charge in [-0.1, -0.05) is 18.2 Å². The van der Waals surface area contributed by atoms with Gasteiger partial charge in [-0.15, -0.1) is 0 Å². The van der Waals surface area contributed by atoms with E-state index in [0.29, 0.717) is 24.7 Å². The van der Waals surface area contributed by atoms with Crippen LogP contribution in [-0.4, -0.2) is 18.7 Å². The first kappa shape index (κ1) is 14.8. The average molecular weight is 283 g/mol. The molecular formula is C16H17N3O2. The van der Waals surface area contributed by atoms with Crippen molar-refractivity contribution in [1.82, 2.24) is 10.3 Å². The van der Waals surface area contributed by atoms with Crippen LogP contribution in [0.3, 0.4) is 0 Å². The Balaban J connectivity index is 1.90. The maximum atomic E-state index is 8.51. The highest BCUT2D eigenvalue weighted by atomic mass is 16.5. The maximum Gasteiger partial charge on any atom is 0.217 e. The van der Waals surface area contributed by atoms with Crippen LogP contribution in [0.5, 0.6) is 11.6 Å². The van der Waals surface area contributed by atoms with Crippen molar-refractivity contribution in [2.45, 2.75) is 13.1 Å². The fourth-order valence-corrected chi connectivity index (χ4v) is 1.94. The summed E-state index contributed by atoms with van der Waals surface area (Å²) >= 11 is 0. The number of nitriles is 1. The highest BCUT2D eigenvalue weighted by Gasteiger charge is 2.03. The van der Waals surface area contributed by atoms with Gasteiger partial charge in [0.25, 0.3) is 0 Å². The Morgan fingerprint density at radius 2 is 2.14 bits per heavy atom. The number of nitrogens with one attached hydrogen (secondary N) is 1. The first-order valence-corrected chi connectivity index (χ1v) is 6.61. The lowest BCUT2D eigenvalue weighted by Gasteiger charge is -2.09. The molecule has 0 saturated carbocycles. The second-order valence-electron chi connectivity index (χ2n) is 4.37. The monoisotopic (exact) mass is 283 g/mol. The molecule has 5 heteroatoms. The van der Waals surface area contributed by atoms with Gasteiger partial charge in [-0.2, -0.15) is 5.26 Å². The number of rotatable bonds is 7. The number of methoxy groups -OCH3 is 1. The molecular weight excluding hydrogens is 266 g/mol. The highest BCUT2D eigenvalue weighted by molar-refractivity contribution is 5.29. The second-order valence-corrected chi connectivity index (χ2v) is 4.37. The molecule has 0 fully saturated rings. The van der Waals surface area contributed by atoms with E-state index in [1.165, 1.54) is 0 Å². The number of benzene rings is 1. The van der Waals surface area contributed by atoms with E-state index in [0.717, 1.165) is 11.1 Å². The quantitative estimate of drug-likeness (QED) is 0.844. The van der Waals surface area contributed by atoms with Crippen molar-refractivity contribution in [2.75, 3.05) is 13.7 Å². The van der Waals surface area contributed by atoms with Crippen LogP contribution in [0.25, 0.3) is 0 Å². The number of aromatic nitrogens is 1. The molecule has 2 aromatic rings. The molecule has 1 aromatic heterocycles. The van der Waals surface area contributed by atoms with Crippen molar-refractivity contribution < 1.29 is 9.47 Å². The van der Waals surface area contributed by atoms with Crippen molar-refractivity contribution in [2.24, 2.45) is 0 Å². The van der Waals surface area contributed by atoms with Crippen LogP contribution in [0.15, 0.2) is 42.6 Å². The SMILES string of the molecule is COc1ncccc1CNCc1cccc(OCC#N)c1. The van der Waals surface area contributed by atoms with Crippen LogP contribution in [0, 0.1) is 11.3 Å². The molecule has 0 unspecified atom stereocenters. The Labute approximate surface area is 124 Å². The van der Waals surface area contributed by atoms with E-state index in [1.807, 2.05) is 42.5 Å². The lowest BCUT2D eigenvalue weighted by atomic mass is 10.2. The van der Waals surface area contributed by atoms with Gasteiger partial charge in [0.2, 0.25) is 5.88 Å². The molecule has 0 saturated heterocycles. The summed E-state index contributed by atoms with van der Waals surface area (Å²) in [6, 6.07) is 13.5. The maximum absolute atomic E-state index is 8.51. The minimum atomic E-state index is 0.0593. The molecule has 0 spiro atoms. The Morgan fingerprint density at radius 1 is 1.24 bits per heavy atom. The summed E-state index contributed by atoms with van der Waals surface area (Å²) in [5.74, 6) is 1.34. The molecule has 21 heavy (non-hydrogen) atoms. The zero-order chi connectivity index (χ0) is 14.9. The van der Waals surface area contributed by atoms with E-state index in [-0.39, 0.29) is 6.61 Å². The van der Waals surface area contributed by atoms with Crippen LogP contribution in [0.4, 0.5) is 0 Å². The van der Waals surface area contributed by atoms with Gasteiger partial charge < -0.3 is 14.8 Å². The van der Waals surface area contributed by atoms with Gasteiger partial charge in [0.1, 0.15) is 11.8 Å². The number of hydrogen-bond donors (Lipinski definition) is 1. The number of nitrogens with zero attached hydrogens (tertiary/aromatic N) is 2. The molecule has 2 rings (SSSR count). The molecule has 1 N–H and O–H groups in total. The van der Waals surface area contributed by atoms with E-state index in [9.17, 15) is 0 Å². The smallest absolute Gasteiger partial charge is 0.217 e. The minimum absolute atomic E-state index is 0.0593. The van der Waals surface area contributed by atoms with E-state index < -0.39 is 0 Å². The fourth-order valence-electron chi connectivity index (χ4n) is 1.94. The van der Waals surface area contributed by atoms with Crippen LogP contribution >= 0.6 is 0 Å². The van der Waals surface area contributed by atoms with Crippen LogP contribution < -0.4 is 14.8 Å². The van der Waals surface area contributed by atoms with Gasteiger partial charge >= 0.3 is 0 Å². The molecule has 0 radical (unpaired) electrons. The standard InChI is InChI=1S/C16H17N3O2/c1-20-16-14(5-3-8-19-16)12-18-11-13-4-2-6-15(10-13)21-9-7-17/h2-6,8,10,18H,9,11-12H2,1H3. The lowest BCUT2D eigenvalue weighted by Crippen LogP contribution is -2.13. The minimum Gasteiger partial charge on any atom is -0.481 e. The largest absolute Gasteiger partial charge is 0.481 e. The highest BCUT2D eigenvalue weighted by Crippen LogP contribution is 2.15. The summed E-state index contributed by atoms with van der Waals surface area (Å²) in [4.78, 5) is 4.16. The van der Waals surface area contributed by atoms with Gasteiger partial charge in [0.15, 0.2) is 6.61 Å². The van der Waals surface area contributed by atoms with Crippen molar-refractivity contribution in [3.63, 3.8) is 0 Å². The molecule has 1 aromatic carbocycles. The van der Waals surface area contributed by atoms with Crippen molar-refractivity contribution >= 4 is 0 Å². The summed E-state index contributed by atoms with van der Waals surface area (Å²) in [5.41, 5.74) is 2.10. The van der Waals surface area contributed by atoms with Crippen LogP contribution in [-0.2, 0) is 13.1 Å². The Morgan fingerprint density at radius 3 is 2.95 bits per heavy atom.